The zero-order valence-corrected chi connectivity index (χ0v) is 10.1. The number of hydrogen-bond donors (Lipinski definition) is 2. The van der Waals surface area contributed by atoms with Crippen LogP contribution in [0.15, 0.2) is 12.7 Å². The van der Waals surface area contributed by atoms with Gasteiger partial charge in [-0.2, -0.15) is 0 Å². The van der Waals surface area contributed by atoms with Crippen LogP contribution in [0.5, 0.6) is 0 Å². The Morgan fingerprint density at radius 1 is 1.75 bits per heavy atom. The summed E-state index contributed by atoms with van der Waals surface area (Å²) in [6.45, 7) is 7.33. The van der Waals surface area contributed by atoms with Gasteiger partial charge >= 0.3 is 0 Å². The van der Waals surface area contributed by atoms with Gasteiger partial charge in [0.05, 0.1) is 5.92 Å². The number of carbonyl (C=O) groups excluding carboxylic acids is 1. The Kier molecular flexibility index (Phi) is 6.52. The Morgan fingerprint density at radius 2 is 2.38 bits per heavy atom. The molecule has 0 spiro atoms. The van der Waals surface area contributed by atoms with Crippen molar-refractivity contribution in [2.75, 3.05) is 6.54 Å². The number of unbranched alkanes of at least 4 members (excludes halogenated alkanes) is 1. The van der Waals surface area contributed by atoms with Crippen molar-refractivity contribution in [2.45, 2.75) is 38.7 Å². The first-order chi connectivity index (χ1) is 7.50. The predicted octanol–water partition coefficient (Wildman–Crippen LogP) is 1.48. The van der Waals surface area contributed by atoms with Crippen molar-refractivity contribution in [1.82, 2.24) is 5.32 Å². The maximum atomic E-state index is 11.7. The molecule has 0 heterocycles. The molecule has 2 N–H and O–H groups in total. The highest BCUT2D eigenvalue weighted by Gasteiger charge is 2.37. The Labute approximate surface area is 97.9 Å². The lowest BCUT2D eigenvalue weighted by Crippen LogP contribution is -2.49. The molecule has 16 heavy (non-hydrogen) atoms. The zero-order valence-electron chi connectivity index (χ0n) is 10.1. The van der Waals surface area contributed by atoms with Crippen molar-refractivity contribution in [1.29, 1.82) is 0 Å². The van der Waals surface area contributed by atoms with E-state index in [1.807, 2.05) is 6.92 Å². The van der Waals surface area contributed by atoms with Gasteiger partial charge in [0.15, 0.2) is 5.60 Å². The van der Waals surface area contributed by atoms with Gasteiger partial charge < -0.3 is 10.4 Å². The summed E-state index contributed by atoms with van der Waals surface area (Å²) in [4.78, 5) is 11.7. The molecule has 0 saturated heterocycles. The average molecular weight is 223 g/mol. The topological polar surface area (TPSA) is 49.3 Å². The average Bonchev–Trinajstić information content (AvgIpc) is 2.26. The first-order valence-electron chi connectivity index (χ1n) is 5.58. The smallest absolute Gasteiger partial charge is 0.253 e. The van der Waals surface area contributed by atoms with Gasteiger partial charge in [0.1, 0.15) is 0 Å². The molecule has 0 bridgehead atoms. The summed E-state index contributed by atoms with van der Waals surface area (Å²) < 4.78 is 0. The first kappa shape index (κ1) is 14.7. The van der Waals surface area contributed by atoms with Crippen molar-refractivity contribution in [3.63, 3.8) is 0 Å². The predicted molar refractivity (Wildman–Crippen MR) is 65.7 cm³/mol. The van der Waals surface area contributed by atoms with E-state index in [9.17, 15) is 9.90 Å². The molecule has 3 nitrogen and oxygen atoms in total. The van der Waals surface area contributed by atoms with Gasteiger partial charge in [-0.3, -0.25) is 4.79 Å². The molecule has 0 aliphatic heterocycles. The van der Waals surface area contributed by atoms with Gasteiger partial charge in [0.2, 0.25) is 0 Å². The van der Waals surface area contributed by atoms with Gasteiger partial charge in [0, 0.05) is 6.54 Å². The summed E-state index contributed by atoms with van der Waals surface area (Å²) >= 11 is 0. The van der Waals surface area contributed by atoms with Crippen LogP contribution in [0.3, 0.4) is 0 Å². The highest BCUT2D eigenvalue weighted by atomic mass is 16.3. The van der Waals surface area contributed by atoms with E-state index in [0.717, 1.165) is 12.8 Å². The molecule has 0 aromatic rings. The van der Waals surface area contributed by atoms with Crippen LogP contribution in [-0.4, -0.2) is 23.2 Å². The molecule has 1 unspecified atom stereocenters. The number of amides is 1. The van der Waals surface area contributed by atoms with Crippen molar-refractivity contribution in [3.05, 3.63) is 12.7 Å². The Hall–Kier alpha value is -1.27. The summed E-state index contributed by atoms with van der Waals surface area (Å²) in [7, 11) is 0. The van der Waals surface area contributed by atoms with Gasteiger partial charge in [-0.25, -0.2) is 0 Å². The number of aliphatic hydroxyl groups is 1. The normalized spacial score (nSPS) is 15.6. The third-order valence-electron chi connectivity index (χ3n) is 2.59. The molecule has 0 radical (unpaired) electrons. The van der Waals surface area contributed by atoms with Crippen LogP contribution in [0.4, 0.5) is 0 Å². The van der Waals surface area contributed by atoms with Crippen LogP contribution >= 0.6 is 0 Å². The molecule has 0 aliphatic rings. The molecule has 1 amide bonds. The molecule has 0 aromatic carbocycles. The minimum Gasteiger partial charge on any atom is -0.379 e. The summed E-state index contributed by atoms with van der Waals surface area (Å²) in [5, 5.41) is 12.7. The molecule has 0 aliphatic carbocycles. The van der Waals surface area contributed by atoms with Crippen molar-refractivity contribution in [3.8, 4) is 12.3 Å². The molecular weight excluding hydrogens is 202 g/mol. The highest BCUT2D eigenvalue weighted by molar-refractivity contribution is 5.85. The number of carbonyl (C=O) groups is 1. The van der Waals surface area contributed by atoms with E-state index in [1.165, 1.54) is 6.92 Å². The fourth-order valence-electron chi connectivity index (χ4n) is 1.44. The van der Waals surface area contributed by atoms with Crippen LogP contribution in [-0.2, 0) is 4.79 Å². The molecule has 3 heteroatoms. The monoisotopic (exact) mass is 223 g/mol. The first-order valence-corrected chi connectivity index (χ1v) is 5.58. The van der Waals surface area contributed by atoms with Crippen LogP contribution < -0.4 is 5.32 Å². The van der Waals surface area contributed by atoms with Gasteiger partial charge in [-0.15, -0.1) is 13.0 Å². The van der Waals surface area contributed by atoms with Crippen molar-refractivity contribution < 1.29 is 9.90 Å². The summed E-state index contributed by atoms with van der Waals surface area (Å²) in [5.74, 6) is 1.61. The van der Waals surface area contributed by atoms with E-state index in [1.54, 1.807) is 6.08 Å². The SMILES string of the molecule is C#C[C@@H](CCCC)C(C)(O)C(=O)NCC=C. The van der Waals surface area contributed by atoms with E-state index in [4.69, 9.17) is 6.42 Å². The largest absolute Gasteiger partial charge is 0.379 e. The standard InChI is InChI=1S/C13H21NO2/c1-5-8-9-11(7-3)13(4,16)12(15)14-10-6-2/h3,6,11,16H,2,5,8-10H2,1,4H3,(H,14,15)/t11-,13?/m0/s1. The van der Waals surface area contributed by atoms with E-state index >= 15 is 0 Å². The molecule has 0 fully saturated rings. The van der Waals surface area contributed by atoms with Crippen LogP contribution in [0.1, 0.15) is 33.1 Å². The second kappa shape index (κ2) is 7.08. The third kappa shape index (κ3) is 4.08. The molecule has 0 aromatic heterocycles. The lowest BCUT2D eigenvalue weighted by molar-refractivity contribution is -0.141. The summed E-state index contributed by atoms with van der Waals surface area (Å²) in [5.41, 5.74) is -1.51. The van der Waals surface area contributed by atoms with Crippen LogP contribution in [0.25, 0.3) is 0 Å². The highest BCUT2D eigenvalue weighted by Crippen LogP contribution is 2.22. The van der Waals surface area contributed by atoms with Gasteiger partial charge in [0.25, 0.3) is 5.91 Å². The van der Waals surface area contributed by atoms with Crippen LogP contribution in [0.2, 0.25) is 0 Å². The zero-order chi connectivity index (χ0) is 12.6. The molecule has 0 saturated carbocycles. The second-order valence-electron chi connectivity index (χ2n) is 4.01. The Bertz CT molecular complexity index is 276. The molecule has 0 rings (SSSR count). The quantitative estimate of drug-likeness (QED) is 0.507. The fourth-order valence-corrected chi connectivity index (χ4v) is 1.44. The fraction of sp³-hybridized carbons (Fsp3) is 0.615. The van der Waals surface area contributed by atoms with E-state index in [2.05, 4.69) is 17.8 Å². The molecule has 2 atom stereocenters. The lowest BCUT2D eigenvalue weighted by atomic mass is 9.85. The maximum absolute atomic E-state index is 11.7. The minimum atomic E-state index is -1.51. The Morgan fingerprint density at radius 3 is 2.81 bits per heavy atom. The molecular formula is C13H21NO2. The van der Waals surface area contributed by atoms with Crippen molar-refractivity contribution >= 4 is 5.91 Å². The minimum absolute atomic E-state index is 0.333. The maximum Gasteiger partial charge on any atom is 0.253 e. The Balaban J connectivity index is 4.52. The van der Waals surface area contributed by atoms with Gasteiger partial charge in [-0.05, 0) is 13.3 Å². The summed E-state index contributed by atoms with van der Waals surface area (Å²) in [6.07, 6.45) is 9.46. The number of terminal acetylenes is 1. The second-order valence-corrected chi connectivity index (χ2v) is 4.01. The lowest BCUT2D eigenvalue weighted by Gasteiger charge is -2.28. The van der Waals surface area contributed by atoms with Gasteiger partial charge in [-0.1, -0.05) is 31.8 Å². The van der Waals surface area contributed by atoms with Crippen LogP contribution in [0, 0.1) is 18.3 Å². The number of rotatable bonds is 7. The molecule has 90 valence electrons. The van der Waals surface area contributed by atoms with Crippen molar-refractivity contribution in [2.24, 2.45) is 5.92 Å². The summed E-state index contributed by atoms with van der Waals surface area (Å²) in [6, 6.07) is 0. The number of nitrogens with one attached hydrogen (secondary N) is 1. The van der Waals surface area contributed by atoms with E-state index < -0.39 is 17.4 Å². The van der Waals surface area contributed by atoms with E-state index in [0.29, 0.717) is 13.0 Å². The number of hydrogen-bond acceptors (Lipinski definition) is 2. The third-order valence-corrected chi connectivity index (χ3v) is 2.59. The van der Waals surface area contributed by atoms with E-state index in [-0.39, 0.29) is 0 Å².